The van der Waals surface area contributed by atoms with E-state index in [2.05, 4.69) is 14.9 Å². The maximum absolute atomic E-state index is 13.0. The average Bonchev–Trinajstić information content (AvgIpc) is 3.14. The molecule has 1 aliphatic rings. The first kappa shape index (κ1) is 12.6. The molecular weight excluding hydrogens is 265 g/mol. The fourth-order valence-electron chi connectivity index (χ4n) is 2.13. The molecule has 0 spiro atoms. The molecule has 1 heterocycles. The molecule has 100 valence electrons. The Balaban J connectivity index is 1.57. The Kier molecular flexibility index (Phi) is 3.53. The van der Waals surface area contributed by atoms with E-state index in [4.69, 9.17) is 11.6 Å². The number of nitrogens with zero attached hydrogens (tertiary/aromatic N) is 2. The summed E-state index contributed by atoms with van der Waals surface area (Å²) >= 11 is 5.75. The van der Waals surface area contributed by atoms with E-state index in [-0.39, 0.29) is 10.8 Å². The van der Waals surface area contributed by atoms with E-state index in [0.29, 0.717) is 12.6 Å². The van der Waals surface area contributed by atoms with E-state index in [1.54, 1.807) is 12.1 Å². The molecule has 19 heavy (non-hydrogen) atoms. The van der Waals surface area contributed by atoms with Crippen LogP contribution in [0, 0.1) is 5.82 Å². The van der Waals surface area contributed by atoms with Gasteiger partial charge in [0.25, 0.3) is 0 Å². The summed E-state index contributed by atoms with van der Waals surface area (Å²) in [6.07, 6.45) is 6.28. The standard InChI is InChI=1S/C14H15ClFN3/c15-13-5-10(1-4-14(13)16)6-17-7-12-8-18-9-19(12)11-2-3-11/h1,4-5,8-9,11,17H,2-3,6-7H2. The van der Waals surface area contributed by atoms with Crippen LogP contribution in [0.25, 0.3) is 0 Å². The van der Waals surface area contributed by atoms with E-state index >= 15 is 0 Å². The summed E-state index contributed by atoms with van der Waals surface area (Å²) in [7, 11) is 0. The number of halogens is 2. The molecule has 0 bridgehead atoms. The van der Waals surface area contributed by atoms with Crippen LogP contribution in [0.15, 0.2) is 30.7 Å². The van der Waals surface area contributed by atoms with Gasteiger partial charge in [0.2, 0.25) is 0 Å². The first-order valence-electron chi connectivity index (χ1n) is 6.39. The molecule has 1 aromatic heterocycles. The van der Waals surface area contributed by atoms with Gasteiger partial charge in [-0.2, -0.15) is 0 Å². The molecule has 1 fully saturated rings. The number of aromatic nitrogens is 2. The van der Waals surface area contributed by atoms with Crippen molar-refractivity contribution in [3.05, 3.63) is 52.8 Å². The van der Waals surface area contributed by atoms with Gasteiger partial charge in [0, 0.05) is 25.3 Å². The molecule has 5 heteroatoms. The van der Waals surface area contributed by atoms with Crippen LogP contribution in [0.3, 0.4) is 0 Å². The molecule has 0 aliphatic heterocycles. The smallest absolute Gasteiger partial charge is 0.141 e. The lowest BCUT2D eigenvalue weighted by atomic mass is 10.2. The van der Waals surface area contributed by atoms with E-state index in [1.807, 2.05) is 12.5 Å². The van der Waals surface area contributed by atoms with Gasteiger partial charge in [-0.15, -0.1) is 0 Å². The van der Waals surface area contributed by atoms with E-state index < -0.39 is 0 Å². The predicted molar refractivity (Wildman–Crippen MR) is 72.5 cm³/mol. The SMILES string of the molecule is Fc1ccc(CNCc2cncn2C2CC2)cc1Cl. The van der Waals surface area contributed by atoms with Gasteiger partial charge in [0.05, 0.1) is 17.0 Å². The second kappa shape index (κ2) is 5.31. The minimum Gasteiger partial charge on any atom is -0.330 e. The molecule has 1 aromatic carbocycles. The lowest BCUT2D eigenvalue weighted by Gasteiger charge is -2.08. The van der Waals surface area contributed by atoms with Crippen molar-refractivity contribution < 1.29 is 4.39 Å². The van der Waals surface area contributed by atoms with E-state index in [0.717, 1.165) is 12.1 Å². The van der Waals surface area contributed by atoms with E-state index in [9.17, 15) is 4.39 Å². The van der Waals surface area contributed by atoms with Crippen molar-refractivity contribution in [1.82, 2.24) is 14.9 Å². The van der Waals surface area contributed by atoms with Crippen molar-refractivity contribution in [2.75, 3.05) is 0 Å². The Labute approximate surface area is 116 Å². The summed E-state index contributed by atoms with van der Waals surface area (Å²) in [6.45, 7) is 1.42. The Hall–Kier alpha value is -1.39. The van der Waals surface area contributed by atoms with Crippen LogP contribution in [-0.4, -0.2) is 9.55 Å². The molecule has 1 aliphatic carbocycles. The second-order valence-electron chi connectivity index (χ2n) is 4.88. The average molecular weight is 280 g/mol. The predicted octanol–water partition coefficient (Wildman–Crippen LogP) is 3.30. The Bertz CT molecular complexity index is 578. The third-order valence-corrected chi connectivity index (χ3v) is 3.60. The summed E-state index contributed by atoms with van der Waals surface area (Å²) in [6, 6.07) is 5.43. The van der Waals surface area contributed by atoms with Crippen molar-refractivity contribution in [2.45, 2.75) is 32.0 Å². The normalized spacial score (nSPS) is 14.8. The van der Waals surface area contributed by atoms with Crippen molar-refractivity contribution in [3.63, 3.8) is 0 Å². The molecule has 0 atom stereocenters. The number of rotatable bonds is 5. The summed E-state index contributed by atoms with van der Waals surface area (Å²) in [5, 5.41) is 3.50. The quantitative estimate of drug-likeness (QED) is 0.910. The molecule has 0 saturated heterocycles. The first-order chi connectivity index (χ1) is 9.24. The molecule has 2 aromatic rings. The summed E-state index contributed by atoms with van der Waals surface area (Å²) in [5.41, 5.74) is 2.17. The molecule has 1 saturated carbocycles. The largest absolute Gasteiger partial charge is 0.330 e. The maximum atomic E-state index is 13.0. The molecule has 3 nitrogen and oxygen atoms in total. The fraction of sp³-hybridized carbons (Fsp3) is 0.357. The third-order valence-electron chi connectivity index (χ3n) is 3.31. The summed E-state index contributed by atoms with van der Waals surface area (Å²) < 4.78 is 15.3. The van der Waals surface area contributed by atoms with Gasteiger partial charge < -0.3 is 9.88 Å². The second-order valence-corrected chi connectivity index (χ2v) is 5.28. The molecule has 3 rings (SSSR count). The molecule has 0 unspecified atom stereocenters. The van der Waals surface area contributed by atoms with Crippen LogP contribution in [-0.2, 0) is 13.1 Å². The van der Waals surface area contributed by atoms with Crippen molar-refractivity contribution in [3.8, 4) is 0 Å². The highest BCUT2D eigenvalue weighted by Crippen LogP contribution is 2.35. The highest BCUT2D eigenvalue weighted by Gasteiger charge is 2.24. The van der Waals surface area contributed by atoms with Gasteiger partial charge in [-0.1, -0.05) is 17.7 Å². The zero-order valence-electron chi connectivity index (χ0n) is 10.4. The Morgan fingerprint density at radius 1 is 1.37 bits per heavy atom. The number of hydrogen-bond donors (Lipinski definition) is 1. The third kappa shape index (κ3) is 2.96. The number of imidazole rings is 1. The zero-order chi connectivity index (χ0) is 13.2. The Morgan fingerprint density at radius 3 is 2.95 bits per heavy atom. The zero-order valence-corrected chi connectivity index (χ0v) is 11.2. The van der Waals surface area contributed by atoms with Crippen LogP contribution in [0.4, 0.5) is 4.39 Å². The van der Waals surface area contributed by atoms with Gasteiger partial charge >= 0.3 is 0 Å². The van der Waals surface area contributed by atoms with Crippen LogP contribution in [0.5, 0.6) is 0 Å². The highest BCUT2D eigenvalue weighted by atomic mass is 35.5. The minimum absolute atomic E-state index is 0.169. The fourth-order valence-corrected chi connectivity index (χ4v) is 2.34. The van der Waals surface area contributed by atoms with Crippen LogP contribution < -0.4 is 5.32 Å². The first-order valence-corrected chi connectivity index (χ1v) is 6.77. The lowest BCUT2D eigenvalue weighted by molar-refractivity contribution is 0.614. The van der Waals surface area contributed by atoms with Gasteiger partial charge in [0.1, 0.15) is 5.82 Å². The number of hydrogen-bond acceptors (Lipinski definition) is 2. The monoisotopic (exact) mass is 279 g/mol. The number of benzene rings is 1. The summed E-state index contributed by atoms with van der Waals surface area (Å²) in [5.74, 6) is -0.378. The molecule has 0 radical (unpaired) electrons. The molecule has 0 amide bonds. The van der Waals surface area contributed by atoms with Crippen molar-refractivity contribution >= 4 is 11.6 Å². The van der Waals surface area contributed by atoms with Gasteiger partial charge in [-0.05, 0) is 30.5 Å². The van der Waals surface area contributed by atoms with Crippen LogP contribution in [0.1, 0.15) is 30.1 Å². The minimum atomic E-state index is -0.378. The van der Waals surface area contributed by atoms with E-state index in [1.165, 1.54) is 24.6 Å². The van der Waals surface area contributed by atoms with Gasteiger partial charge in [0.15, 0.2) is 0 Å². The maximum Gasteiger partial charge on any atom is 0.141 e. The van der Waals surface area contributed by atoms with Crippen molar-refractivity contribution in [1.29, 1.82) is 0 Å². The van der Waals surface area contributed by atoms with Gasteiger partial charge in [-0.25, -0.2) is 9.37 Å². The van der Waals surface area contributed by atoms with Gasteiger partial charge in [-0.3, -0.25) is 0 Å². The van der Waals surface area contributed by atoms with Crippen LogP contribution in [0.2, 0.25) is 5.02 Å². The highest BCUT2D eigenvalue weighted by molar-refractivity contribution is 6.30. The molecule has 1 N–H and O–H groups in total. The summed E-state index contributed by atoms with van der Waals surface area (Å²) in [4.78, 5) is 4.19. The number of nitrogens with one attached hydrogen (secondary N) is 1. The molecular formula is C14H15ClFN3. The van der Waals surface area contributed by atoms with Crippen molar-refractivity contribution in [2.24, 2.45) is 0 Å². The Morgan fingerprint density at radius 2 is 2.21 bits per heavy atom. The topological polar surface area (TPSA) is 29.9 Å². The van der Waals surface area contributed by atoms with Crippen LogP contribution >= 0.6 is 11.6 Å². The lowest BCUT2D eigenvalue weighted by Crippen LogP contribution is -2.15.